The molecule has 2 aliphatic carbocycles. The van der Waals surface area contributed by atoms with Gasteiger partial charge in [0.2, 0.25) is 5.91 Å². The van der Waals surface area contributed by atoms with Crippen molar-refractivity contribution in [1.29, 1.82) is 0 Å². The van der Waals surface area contributed by atoms with Crippen LogP contribution in [-0.4, -0.2) is 96.5 Å². The van der Waals surface area contributed by atoms with Crippen LogP contribution in [0, 0.1) is 5.92 Å². The summed E-state index contributed by atoms with van der Waals surface area (Å²) in [5.41, 5.74) is 0. The monoisotopic (exact) mass is 421 g/mol. The molecule has 1 amide bonds. The second-order valence-corrected chi connectivity index (χ2v) is 10.8. The molecule has 1 spiro atoms. The average Bonchev–Trinajstić information content (AvgIpc) is 2.71. The number of amides is 1. The highest BCUT2D eigenvalue weighted by Gasteiger charge is 2.38. The van der Waals surface area contributed by atoms with Crippen molar-refractivity contribution in [2.45, 2.75) is 56.1 Å². The summed E-state index contributed by atoms with van der Waals surface area (Å²) in [6.45, 7) is 8.02. The van der Waals surface area contributed by atoms with Gasteiger partial charge in [0.1, 0.15) is 0 Å². The van der Waals surface area contributed by atoms with Gasteiger partial charge in [0.05, 0.1) is 0 Å². The Balaban J connectivity index is 1.18. The van der Waals surface area contributed by atoms with Gasteiger partial charge >= 0.3 is 0 Å². The van der Waals surface area contributed by atoms with E-state index < -0.39 is 0 Å². The van der Waals surface area contributed by atoms with E-state index in [0.29, 0.717) is 16.6 Å². The lowest BCUT2D eigenvalue weighted by Crippen LogP contribution is -2.55. The Morgan fingerprint density at radius 3 is 2.45 bits per heavy atom. The predicted octanol–water partition coefficient (Wildman–Crippen LogP) is 2.26. The van der Waals surface area contributed by atoms with Crippen molar-refractivity contribution >= 4 is 23.6 Å². The molecular weight excluding hydrogens is 382 g/mol. The maximum Gasteiger partial charge on any atom is 0.225 e. The third kappa shape index (κ3) is 5.22. The van der Waals surface area contributed by atoms with Crippen molar-refractivity contribution in [2.24, 2.45) is 10.9 Å². The number of guanidine groups is 1. The van der Waals surface area contributed by atoms with Gasteiger partial charge in [-0.25, -0.2) is 0 Å². The molecule has 2 saturated heterocycles. The smallest absolute Gasteiger partial charge is 0.225 e. The Bertz CT molecular complexity index is 574. The normalized spacial score (nSPS) is 26.4. The number of carbonyl (C=O) groups excluding carboxylic acids is 1. The molecule has 1 N–H and O–H groups in total. The summed E-state index contributed by atoms with van der Waals surface area (Å²) in [6.07, 6.45) is 10.4. The van der Waals surface area contributed by atoms with E-state index in [2.05, 4.69) is 36.8 Å². The van der Waals surface area contributed by atoms with E-state index in [1.54, 1.807) is 0 Å². The van der Waals surface area contributed by atoms with Crippen LogP contribution in [0.25, 0.3) is 0 Å². The molecule has 0 bridgehead atoms. The van der Waals surface area contributed by atoms with Gasteiger partial charge in [-0.05, 0) is 25.7 Å². The number of rotatable bonds is 4. The molecule has 6 nitrogen and oxygen atoms in total. The Hall–Kier alpha value is -0.950. The first-order valence-electron chi connectivity index (χ1n) is 11.8. The van der Waals surface area contributed by atoms with Crippen LogP contribution in [0.3, 0.4) is 0 Å². The van der Waals surface area contributed by atoms with E-state index in [4.69, 9.17) is 0 Å². The maximum absolute atomic E-state index is 12.4. The standard InChI is InChI=1S/C22H39N5OS/c1-23-21(27-16-17-29-22(18-27)8-3-2-4-9-22)24-10-11-25-12-14-26(15-13-25)20(28)19-6-5-7-19/h19H,2-18H2,1H3,(H,23,24). The summed E-state index contributed by atoms with van der Waals surface area (Å²) in [5.74, 6) is 3.04. The van der Waals surface area contributed by atoms with Crippen LogP contribution >= 0.6 is 11.8 Å². The van der Waals surface area contributed by atoms with Gasteiger partial charge in [0.25, 0.3) is 0 Å². The van der Waals surface area contributed by atoms with E-state index in [9.17, 15) is 4.79 Å². The molecule has 4 aliphatic rings. The van der Waals surface area contributed by atoms with E-state index >= 15 is 0 Å². The van der Waals surface area contributed by atoms with Crippen LogP contribution in [-0.2, 0) is 4.79 Å². The lowest BCUT2D eigenvalue weighted by Gasteiger charge is -2.45. The summed E-state index contributed by atoms with van der Waals surface area (Å²) < 4.78 is 0.470. The van der Waals surface area contributed by atoms with E-state index in [-0.39, 0.29) is 0 Å². The molecule has 2 aliphatic heterocycles. The van der Waals surface area contributed by atoms with Crippen molar-refractivity contribution in [3.8, 4) is 0 Å². The summed E-state index contributed by atoms with van der Waals surface area (Å²) >= 11 is 2.21. The molecule has 0 radical (unpaired) electrons. The zero-order valence-corrected chi connectivity index (χ0v) is 19.0. The molecule has 0 unspecified atom stereocenters. The molecule has 164 valence electrons. The van der Waals surface area contributed by atoms with Gasteiger partial charge in [-0.2, -0.15) is 11.8 Å². The first kappa shape index (κ1) is 21.3. The lowest BCUT2D eigenvalue weighted by atomic mass is 9.84. The number of hydrogen-bond donors (Lipinski definition) is 1. The van der Waals surface area contributed by atoms with Gasteiger partial charge in [-0.3, -0.25) is 14.7 Å². The largest absolute Gasteiger partial charge is 0.355 e. The first-order valence-corrected chi connectivity index (χ1v) is 12.8. The number of hydrogen-bond acceptors (Lipinski definition) is 4. The fraction of sp³-hybridized carbons (Fsp3) is 0.909. The number of nitrogens with zero attached hydrogens (tertiary/aromatic N) is 4. The molecule has 0 atom stereocenters. The van der Waals surface area contributed by atoms with Crippen LogP contribution in [0.2, 0.25) is 0 Å². The number of aliphatic imine (C=N–C) groups is 1. The first-order chi connectivity index (χ1) is 14.2. The molecule has 4 fully saturated rings. The molecule has 4 rings (SSSR count). The van der Waals surface area contributed by atoms with Crippen LogP contribution in [0.5, 0.6) is 0 Å². The van der Waals surface area contributed by atoms with Gasteiger partial charge in [-0.1, -0.05) is 25.7 Å². The van der Waals surface area contributed by atoms with Crippen molar-refractivity contribution in [2.75, 3.05) is 65.2 Å². The Labute approximate surface area is 180 Å². The molecular formula is C22H39N5OS. The van der Waals surface area contributed by atoms with Gasteiger partial charge in [0, 0.05) is 75.8 Å². The highest BCUT2D eigenvalue weighted by atomic mass is 32.2. The van der Waals surface area contributed by atoms with Crippen LogP contribution in [0.1, 0.15) is 51.4 Å². The molecule has 2 heterocycles. The Kier molecular flexibility index (Phi) is 7.27. The van der Waals surface area contributed by atoms with Crippen molar-refractivity contribution in [3.05, 3.63) is 0 Å². The minimum absolute atomic E-state index is 0.335. The third-order valence-electron chi connectivity index (χ3n) is 7.37. The summed E-state index contributed by atoms with van der Waals surface area (Å²) in [6, 6.07) is 0. The SMILES string of the molecule is CN=C(NCCN1CCN(C(=O)C2CCC2)CC1)N1CCSC2(CCCCC2)C1. The minimum Gasteiger partial charge on any atom is -0.355 e. The zero-order valence-electron chi connectivity index (χ0n) is 18.2. The number of carbonyl (C=O) groups is 1. The average molecular weight is 422 g/mol. The Morgan fingerprint density at radius 2 is 1.79 bits per heavy atom. The zero-order chi connectivity index (χ0) is 20.1. The van der Waals surface area contributed by atoms with Crippen molar-refractivity contribution in [1.82, 2.24) is 20.0 Å². The summed E-state index contributed by atoms with van der Waals surface area (Å²) in [7, 11) is 1.92. The third-order valence-corrected chi connectivity index (χ3v) is 8.91. The Morgan fingerprint density at radius 1 is 1.03 bits per heavy atom. The maximum atomic E-state index is 12.4. The number of nitrogens with one attached hydrogen (secondary N) is 1. The summed E-state index contributed by atoms with van der Waals surface area (Å²) in [4.78, 5) is 24.1. The molecule has 0 aromatic rings. The van der Waals surface area contributed by atoms with E-state index in [0.717, 1.165) is 71.2 Å². The topological polar surface area (TPSA) is 51.2 Å². The second kappa shape index (κ2) is 9.90. The van der Waals surface area contributed by atoms with Gasteiger partial charge in [-0.15, -0.1) is 0 Å². The van der Waals surface area contributed by atoms with Crippen molar-refractivity contribution < 1.29 is 4.79 Å². The van der Waals surface area contributed by atoms with E-state index in [1.807, 2.05) is 7.05 Å². The number of thioether (sulfide) groups is 1. The second-order valence-electron chi connectivity index (χ2n) is 9.28. The minimum atomic E-state index is 0.335. The fourth-order valence-corrected chi connectivity index (χ4v) is 6.86. The van der Waals surface area contributed by atoms with Gasteiger partial charge in [0.15, 0.2) is 5.96 Å². The van der Waals surface area contributed by atoms with Gasteiger partial charge < -0.3 is 15.1 Å². The van der Waals surface area contributed by atoms with Crippen LogP contribution in [0.15, 0.2) is 4.99 Å². The lowest BCUT2D eigenvalue weighted by molar-refractivity contribution is -0.139. The quantitative estimate of drug-likeness (QED) is 0.557. The van der Waals surface area contributed by atoms with Crippen molar-refractivity contribution in [3.63, 3.8) is 0 Å². The molecule has 0 aromatic carbocycles. The molecule has 0 aromatic heterocycles. The predicted molar refractivity (Wildman–Crippen MR) is 122 cm³/mol. The number of piperazine rings is 1. The highest BCUT2D eigenvalue weighted by Crippen LogP contribution is 2.42. The highest BCUT2D eigenvalue weighted by molar-refractivity contribution is 8.00. The molecule has 7 heteroatoms. The fourth-order valence-electron chi connectivity index (χ4n) is 5.29. The molecule has 2 saturated carbocycles. The van der Waals surface area contributed by atoms with Crippen LogP contribution < -0.4 is 5.32 Å². The van der Waals surface area contributed by atoms with Crippen LogP contribution in [0.4, 0.5) is 0 Å². The summed E-state index contributed by atoms with van der Waals surface area (Å²) in [5, 5.41) is 3.62. The van der Waals surface area contributed by atoms with E-state index in [1.165, 1.54) is 44.3 Å². The molecule has 29 heavy (non-hydrogen) atoms.